The largest absolute Gasteiger partial charge is 0.495 e. The molecule has 134 valence electrons. The molecule has 1 rings (SSSR count). The Morgan fingerprint density at radius 3 is 2.42 bits per heavy atom. The van der Waals surface area contributed by atoms with E-state index >= 15 is 0 Å². The number of amides is 2. The fourth-order valence-corrected chi connectivity index (χ4v) is 2.21. The van der Waals surface area contributed by atoms with Crippen LogP contribution in [0.2, 0.25) is 5.02 Å². The van der Waals surface area contributed by atoms with Crippen molar-refractivity contribution in [1.29, 1.82) is 0 Å². The average molecular weight is 357 g/mol. The van der Waals surface area contributed by atoms with Crippen LogP contribution in [0.15, 0.2) is 12.1 Å². The SMILES string of the molecule is COc1cc(Cl)c(C)cc1N(CCNC(=O)OC(C)(C)C)C(C)=O. The molecule has 0 bridgehead atoms. The summed E-state index contributed by atoms with van der Waals surface area (Å²) in [6, 6.07) is 3.46. The van der Waals surface area contributed by atoms with Crippen LogP contribution in [0.5, 0.6) is 5.75 Å². The molecule has 6 nitrogen and oxygen atoms in total. The molecule has 0 aliphatic rings. The first kappa shape index (κ1) is 20.1. The standard InChI is InChI=1S/C17H25ClN2O4/c1-11-9-14(15(23-6)10-13(11)18)20(12(2)21)8-7-19-16(22)24-17(3,4)5/h9-10H,7-8H2,1-6H3,(H,19,22). The van der Waals surface area contributed by atoms with Crippen LogP contribution in [-0.2, 0) is 9.53 Å². The number of anilines is 1. The quantitative estimate of drug-likeness (QED) is 0.876. The monoisotopic (exact) mass is 356 g/mol. The van der Waals surface area contributed by atoms with Gasteiger partial charge in [0.25, 0.3) is 0 Å². The topological polar surface area (TPSA) is 67.9 Å². The number of hydrogen-bond acceptors (Lipinski definition) is 4. The number of carbonyl (C=O) groups excluding carboxylic acids is 2. The number of methoxy groups -OCH3 is 1. The van der Waals surface area contributed by atoms with Crippen LogP contribution in [0.3, 0.4) is 0 Å². The first-order chi connectivity index (χ1) is 11.0. The molecular weight excluding hydrogens is 332 g/mol. The Labute approximate surface area is 148 Å². The van der Waals surface area contributed by atoms with E-state index in [1.54, 1.807) is 32.9 Å². The highest BCUT2D eigenvalue weighted by Gasteiger charge is 2.19. The molecular formula is C17H25ClN2O4. The van der Waals surface area contributed by atoms with Gasteiger partial charge in [-0.2, -0.15) is 0 Å². The average Bonchev–Trinajstić information content (AvgIpc) is 2.44. The Hall–Kier alpha value is -1.95. The molecule has 0 heterocycles. The van der Waals surface area contributed by atoms with Gasteiger partial charge in [0.05, 0.1) is 12.8 Å². The minimum Gasteiger partial charge on any atom is -0.495 e. The smallest absolute Gasteiger partial charge is 0.407 e. The van der Waals surface area contributed by atoms with Gasteiger partial charge in [-0.1, -0.05) is 11.6 Å². The maximum absolute atomic E-state index is 12.0. The second-order valence-electron chi connectivity index (χ2n) is 6.37. The maximum Gasteiger partial charge on any atom is 0.407 e. The highest BCUT2D eigenvalue weighted by atomic mass is 35.5. The molecule has 24 heavy (non-hydrogen) atoms. The van der Waals surface area contributed by atoms with E-state index in [9.17, 15) is 9.59 Å². The minimum atomic E-state index is -0.569. The first-order valence-electron chi connectivity index (χ1n) is 7.64. The fraction of sp³-hybridized carbons (Fsp3) is 0.529. The third-order valence-corrected chi connectivity index (χ3v) is 3.54. The van der Waals surface area contributed by atoms with Crippen LogP contribution >= 0.6 is 11.6 Å². The van der Waals surface area contributed by atoms with Crippen molar-refractivity contribution in [2.75, 3.05) is 25.1 Å². The van der Waals surface area contributed by atoms with E-state index in [2.05, 4.69) is 5.32 Å². The second-order valence-corrected chi connectivity index (χ2v) is 6.78. The van der Waals surface area contributed by atoms with Crippen molar-refractivity contribution in [3.05, 3.63) is 22.7 Å². The number of nitrogens with one attached hydrogen (secondary N) is 1. The van der Waals surface area contributed by atoms with E-state index in [-0.39, 0.29) is 19.0 Å². The van der Waals surface area contributed by atoms with Gasteiger partial charge in [-0.25, -0.2) is 4.79 Å². The molecule has 0 saturated heterocycles. The van der Waals surface area contributed by atoms with Crippen molar-refractivity contribution in [3.8, 4) is 5.75 Å². The lowest BCUT2D eigenvalue weighted by atomic mass is 10.2. The molecule has 0 fully saturated rings. The van der Waals surface area contributed by atoms with Crippen molar-refractivity contribution in [1.82, 2.24) is 5.32 Å². The van der Waals surface area contributed by atoms with Crippen LogP contribution < -0.4 is 15.0 Å². The van der Waals surface area contributed by atoms with Crippen LogP contribution in [0.1, 0.15) is 33.3 Å². The lowest BCUT2D eigenvalue weighted by molar-refractivity contribution is -0.116. The molecule has 0 atom stereocenters. The van der Waals surface area contributed by atoms with Crippen molar-refractivity contribution < 1.29 is 19.1 Å². The summed E-state index contributed by atoms with van der Waals surface area (Å²) in [5.74, 6) is 0.332. The molecule has 0 aliphatic carbocycles. The summed E-state index contributed by atoms with van der Waals surface area (Å²) in [7, 11) is 1.52. The normalized spacial score (nSPS) is 11.0. The zero-order valence-corrected chi connectivity index (χ0v) is 15.8. The van der Waals surface area contributed by atoms with Gasteiger partial charge < -0.3 is 19.7 Å². The number of rotatable bonds is 5. The van der Waals surface area contributed by atoms with Gasteiger partial charge in [-0.15, -0.1) is 0 Å². The van der Waals surface area contributed by atoms with Gasteiger partial charge in [-0.05, 0) is 39.3 Å². The number of carbonyl (C=O) groups is 2. The Kier molecular flexibility index (Phi) is 6.90. The summed E-state index contributed by atoms with van der Waals surface area (Å²) in [6.45, 7) is 9.20. The Morgan fingerprint density at radius 1 is 1.29 bits per heavy atom. The summed E-state index contributed by atoms with van der Waals surface area (Å²) < 4.78 is 10.5. The Morgan fingerprint density at radius 2 is 1.92 bits per heavy atom. The summed E-state index contributed by atoms with van der Waals surface area (Å²) in [6.07, 6.45) is -0.523. The Balaban J connectivity index is 2.84. The van der Waals surface area contributed by atoms with Crippen molar-refractivity contribution >= 4 is 29.3 Å². The third-order valence-electron chi connectivity index (χ3n) is 3.13. The molecule has 0 radical (unpaired) electrons. The van der Waals surface area contributed by atoms with Gasteiger partial charge >= 0.3 is 6.09 Å². The van der Waals surface area contributed by atoms with Crippen LogP contribution in [0.4, 0.5) is 10.5 Å². The molecule has 1 aromatic rings. The van der Waals surface area contributed by atoms with Crippen LogP contribution in [0.25, 0.3) is 0 Å². The van der Waals surface area contributed by atoms with Gasteiger partial charge in [0.1, 0.15) is 11.4 Å². The number of hydrogen-bond donors (Lipinski definition) is 1. The molecule has 1 aromatic carbocycles. The second kappa shape index (κ2) is 8.24. The predicted octanol–water partition coefficient (Wildman–Crippen LogP) is 3.53. The number of ether oxygens (including phenoxy) is 2. The van der Waals surface area contributed by atoms with E-state index < -0.39 is 11.7 Å². The predicted molar refractivity (Wildman–Crippen MR) is 95.0 cm³/mol. The summed E-state index contributed by atoms with van der Waals surface area (Å²) in [4.78, 5) is 25.2. The van der Waals surface area contributed by atoms with Gasteiger partial charge in [0, 0.05) is 31.1 Å². The van der Waals surface area contributed by atoms with Gasteiger partial charge in [-0.3, -0.25) is 4.79 Å². The summed E-state index contributed by atoms with van der Waals surface area (Å²) >= 11 is 6.10. The summed E-state index contributed by atoms with van der Waals surface area (Å²) in [5, 5.41) is 3.20. The number of halogens is 1. The molecule has 0 aliphatic heterocycles. The summed E-state index contributed by atoms with van der Waals surface area (Å²) in [5.41, 5.74) is 0.873. The van der Waals surface area contributed by atoms with Gasteiger partial charge in [0.2, 0.25) is 5.91 Å². The third kappa shape index (κ3) is 5.92. The molecule has 0 saturated carbocycles. The van der Waals surface area contributed by atoms with Crippen molar-refractivity contribution in [3.63, 3.8) is 0 Å². The van der Waals surface area contributed by atoms with Crippen LogP contribution in [0, 0.1) is 6.92 Å². The van der Waals surface area contributed by atoms with E-state index in [0.717, 1.165) is 5.56 Å². The fourth-order valence-electron chi connectivity index (χ4n) is 2.05. The van der Waals surface area contributed by atoms with E-state index in [1.807, 2.05) is 6.92 Å². The first-order valence-corrected chi connectivity index (χ1v) is 8.02. The molecule has 0 aromatic heterocycles. The maximum atomic E-state index is 12.0. The number of alkyl carbamates (subject to hydrolysis) is 1. The Bertz CT molecular complexity index is 611. The molecule has 0 unspecified atom stereocenters. The zero-order valence-electron chi connectivity index (χ0n) is 15.0. The molecule has 2 amide bonds. The number of aryl methyl sites for hydroxylation is 1. The van der Waals surface area contributed by atoms with E-state index in [1.165, 1.54) is 18.9 Å². The highest BCUT2D eigenvalue weighted by Crippen LogP contribution is 2.33. The lowest BCUT2D eigenvalue weighted by Crippen LogP contribution is -2.39. The molecule has 7 heteroatoms. The lowest BCUT2D eigenvalue weighted by Gasteiger charge is -2.25. The zero-order chi connectivity index (χ0) is 18.5. The van der Waals surface area contributed by atoms with Crippen molar-refractivity contribution in [2.45, 2.75) is 40.2 Å². The highest BCUT2D eigenvalue weighted by molar-refractivity contribution is 6.31. The minimum absolute atomic E-state index is 0.166. The number of nitrogens with zero attached hydrogens (tertiary/aromatic N) is 1. The number of benzene rings is 1. The van der Waals surface area contributed by atoms with Crippen LogP contribution in [-0.4, -0.2) is 37.8 Å². The van der Waals surface area contributed by atoms with E-state index in [4.69, 9.17) is 21.1 Å². The molecule has 0 spiro atoms. The van der Waals surface area contributed by atoms with Gasteiger partial charge in [0.15, 0.2) is 0 Å². The molecule has 1 N–H and O–H groups in total. The van der Waals surface area contributed by atoms with Crippen molar-refractivity contribution in [2.24, 2.45) is 0 Å². The van der Waals surface area contributed by atoms with E-state index in [0.29, 0.717) is 16.5 Å².